The number of urea groups is 1. The Hall–Kier alpha value is -2.35. The minimum absolute atomic E-state index is 0.114. The molecule has 0 aromatic carbocycles. The van der Waals surface area contributed by atoms with Crippen molar-refractivity contribution >= 4 is 11.8 Å². The number of nitrogens with one attached hydrogen (secondary N) is 2. The Morgan fingerprint density at radius 2 is 2.25 bits per heavy atom. The Balaban J connectivity index is 2.12. The number of aromatic nitrogens is 4. The third kappa shape index (κ3) is 2.97. The standard InChI is InChI=1S/C12H18N6O2/c1-8(7-19)14-12(20)15-10-6-9(16-18(10)3)11-13-4-5-17(11)2/h4-6,8,19H,7H2,1-3H3,(H2,14,15,20)/t8-/m0/s1. The van der Waals surface area contributed by atoms with Crippen LogP contribution in [0.25, 0.3) is 11.5 Å². The maximum Gasteiger partial charge on any atom is 0.320 e. The van der Waals surface area contributed by atoms with Crippen molar-refractivity contribution in [3.63, 3.8) is 0 Å². The van der Waals surface area contributed by atoms with Gasteiger partial charge in [-0.25, -0.2) is 9.78 Å². The largest absolute Gasteiger partial charge is 0.394 e. The van der Waals surface area contributed by atoms with Crippen molar-refractivity contribution in [3.05, 3.63) is 18.5 Å². The number of rotatable bonds is 4. The minimum atomic E-state index is -0.388. The number of hydrogen-bond donors (Lipinski definition) is 3. The lowest BCUT2D eigenvalue weighted by atomic mass is 10.4. The topological polar surface area (TPSA) is 97.0 Å². The van der Waals surface area contributed by atoms with Gasteiger partial charge in [0.15, 0.2) is 5.82 Å². The van der Waals surface area contributed by atoms with E-state index < -0.39 is 0 Å². The molecule has 1 atom stereocenters. The summed E-state index contributed by atoms with van der Waals surface area (Å²) in [5.74, 6) is 1.27. The number of aryl methyl sites for hydroxylation is 2. The summed E-state index contributed by atoms with van der Waals surface area (Å²) >= 11 is 0. The predicted molar refractivity (Wildman–Crippen MR) is 74.1 cm³/mol. The van der Waals surface area contributed by atoms with Crippen LogP contribution in [0, 0.1) is 0 Å². The monoisotopic (exact) mass is 278 g/mol. The molecular formula is C12H18N6O2. The number of carbonyl (C=O) groups is 1. The first kappa shape index (κ1) is 14.1. The van der Waals surface area contributed by atoms with Crippen molar-refractivity contribution < 1.29 is 9.90 Å². The summed E-state index contributed by atoms with van der Waals surface area (Å²) in [6.07, 6.45) is 3.51. The van der Waals surface area contributed by atoms with Crippen LogP contribution in [0.2, 0.25) is 0 Å². The Labute approximate surface area is 116 Å². The van der Waals surface area contributed by atoms with Crippen LogP contribution in [0.4, 0.5) is 10.6 Å². The highest BCUT2D eigenvalue weighted by molar-refractivity contribution is 5.89. The van der Waals surface area contributed by atoms with Crippen LogP contribution < -0.4 is 10.6 Å². The maximum atomic E-state index is 11.7. The van der Waals surface area contributed by atoms with Gasteiger partial charge in [0.1, 0.15) is 11.5 Å². The molecule has 8 heteroatoms. The molecule has 0 spiro atoms. The van der Waals surface area contributed by atoms with Gasteiger partial charge in [0, 0.05) is 32.6 Å². The lowest BCUT2D eigenvalue weighted by Gasteiger charge is -2.11. The Bertz CT molecular complexity index is 603. The molecule has 2 rings (SSSR count). The van der Waals surface area contributed by atoms with Crippen molar-refractivity contribution in [1.82, 2.24) is 24.6 Å². The van der Waals surface area contributed by atoms with E-state index in [1.165, 1.54) is 0 Å². The van der Waals surface area contributed by atoms with Crippen molar-refractivity contribution in [3.8, 4) is 11.5 Å². The highest BCUT2D eigenvalue weighted by atomic mass is 16.3. The molecule has 20 heavy (non-hydrogen) atoms. The third-order valence-corrected chi connectivity index (χ3v) is 2.82. The Kier molecular flexibility index (Phi) is 4.04. The van der Waals surface area contributed by atoms with E-state index in [9.17, 15) is 4.79 Å². The average Bonchev–Trinajstić information content (AvgIpc) is 2.96. The second-order valence-electron chi connectivity index (χ2n) is 4.58. The SMILES string of the molecule is C[C@@H](CO)NC(=O)Nc1cc(-c2nccn2C)nn1C. The summed E-state index contributed by atoms with van der Waals surface area (Å²) < 4.78 is 3.41. The number of aliphatic hydroxyl groups is 1. The quantitative estimate of drug-likeness (QED) is 0.750. The van der Waals surface area contributed by atoms with E-state index in [2.05, 4.69) is 20.7 Å². The number of amides is 2. The number of aliphatic hydroxyl groups excluding tert-OH is 1. The first-order valence-electron chi connectivity index (χ1n) is 6.21. The highest BCUT2D eigenvalue weighted by Crippen LogP contribution is 2.18. The van der Waals surface area contributed by atoms with Crippen molar-refractivity contribution in [2.75, 3.05) is 11.9 Å². The number of nitrogens with zero attached hydrogens (tertiary/aromatic N) is 4. The fourth-order valence-corrected chi connectivity index (χ4v) is 1.73. The van der Waals surface area contributed by atoms with Crippen LogP contribution in [-0.2, 0) is 14.1 Å². The summed E-state index contributed by atoms with van der Waals surface area (Å²) in [5.41, 5.74) is 0.672. The molecule has 2 aromatic rings. The second kappa shape index (κ2) is 5.74. The van der Waals surface area contributed by atoms with Gasteiger partial charge in [-0.1, -0.05) is 0 Å². The summed E-state index contributed by atoms with van der Waals surface area (Å²) in [6.45, 7) is 1.60. The summed E-state index contributed by atoms with van der Waals surface area (Å²) in [7, 11) is 3.61. The zero-order valence-corrected chi connectivity index (χ0v) is 11.7. The number of hydrogen-bond acceptors (Lipinski definition) is 4. The van der Waals surface area contributed by atoms with Gasteiger partial charge in [-0.2, -0.15) is 5.10 Å². The lowest BCUT2D eigenvalue weighted by Crippen LogP contribution is -2.38. The van der Waals surface area contributed by atoms with Gasteiger partial charge >= 0.3 is 6.03 Å². The van der Waals surface area contributed by atoms with Gasteiger partial charge in [0.2, 0.25) is 0 Å². The molecule has 0 aliphatic rings. The molecule has 2 heterocycles. The van der Waals surface area contributed by atoms with Gasteiger partial charge < -0.3 is 15.0 Å². The van der Waals surface area contributed by atoms with E-state index in [-0.39, 0.29) is 18.7 Å². The van der Waals surface area contributed by atoms with Gasteiger partial charge in [-0.15, -0.1) is 0 Å². The van der Waals surface area contributed by atoms with Crippen LogP contribution in [0.1, 0.15) is 6.92 Å². The molecule has 3 N–H and O–H groups in total. The number of anilines is 1. The predicted octanol–water partition coefficient (Wildman–Crippen LogP) is 0.323. The molecule has 0 aliphatic heterocycles. The van der Waals surface area contributed by atoms with Crippen LogP contribution >= 0.6 is 0 Å². The van der Waals surface area contributed by atoms with Gasteiger partial charge in [0.05, 0.1) is 12.6 Å². The first-order valence-corrected chi connectivity index (χ1v) is 6.21. The molecule has 108 valence electrons. The normalized spacial score (nSPS) is 12.2. The Morgan fingerprint density at radius 3 is 2.85 bits per heavy atom. The molecule has 0 aliphatic carbocycles. The average molecular weight is 278 g/mol. The van der Waals surface area contributed by atoms with Crippen LogP contribution in [0.5, 0.6) is 0 Å². The second-order valence-corrected chi connectivity index (χ2v) is 4.58. The van der Waals surface area contributed by atoms with E-state index in [0.717, 1.165) is 5.82 Å². The van der Waals surface area contributed by atoms with E-state index in [4.69, 9.17) is 5.11 Å². The third-order valence-electron chi connectivity index (χ3n) is 2.82. The molecule has 2 aromatic heterocycles. The van der Waals surface area contributed by atoms with Gasteiger partial charge in [-0.05, 0) is 6.92 Å². The van der Waals surface area contributed by atoms with Crippen molar-refractivity contribution in [2.24, 2.45) is 14.1 Å². The van der Waals surface area contributed by atoms with E-state index in [1.54, 1.807) is 30.9 Å². The fourth-order valence-electron chi connectivity index (χ4n) is 1.73. The molecule has 0 saturated heterocycles. The Morgan fingerprint density at radius 1 is 1.50 bits per heavy atom. The number of imidazole rings is 1. The first-order chi connectivity index (χ1) is 9.51. The maximum absolute atomic E-state index is 11.7. The van der Waals surface area contributed by atoms with Crippen LogP contribution in [0.15, 0.2) is 18.5 Å². The van der Waals surface area contributed by atoms with E-state index in [1.807, 2.05) is 17.8 Å². The molecule has 0 unspecified atom stereocenters. The van der Waals surface area contributed by atoms with Gasteiger partial charge in [-0.3, -0.25) is 10.00 Å². The zero-order chi connectivity index (χ0) is 14.7. The number of carbonyl (C=O) groups excluding carboxylic acids is 1. The lowest BCUT2D eigenvalue weighted by molar-refractivity contribution is 0.229. The fraction of sp³-hybridized carbons (Fsp3) is 0.417. The van der Waals surface area contributed by atoms with Crippen molar-refractivity contribution in [2.45, 2.75) is 13.0 Å². The smallest absolute Gasteiger partial charge is 0.320 e. The summed E-state index contributed by atoms with van der Waals surface area (Å²) in [4.78, 5) is 15.9. The van der Waals surface area contributed by atoms with Crippen LogP contribution in [-0.4, -0.2) is 43.1 Å². The zero-order valence-electron chi connectivity index (χ0n) is 11.7. The molecule has 0 radical (unpaired) electrons. The van der Waals surface area contributed by atoms with Crippen molar-refractivity contribution in [1.29, 1.82) is 0 Å². The van der Waals surface area contributed by atoms with Crippen LogP contribution in [0.3, 0.4) is 0 Å². The molecular weight excluding hydrogens is 260 g/mol. The minimum Gasteiger partial charge on any atom is -0.394 e. The van der Waals surface area contributed by atoms with E-state index >= 15 is 0 Å². The molecule has 8 nitrogen and oxygen atoms in total. The van der Waals surface area contributed by atoms with Gasteiger partial charge in [0.25, 0.3) is 0 Å². The summed E-state index contributed by atoms with van der Waals surface area (Å²) in [5, 5.41) is 18.5. The summed E-state index contributed by atoms with van der Waals surface area (Å²) in [6, 6.07) is 1.05. The van der Waals surface area contributed by atoms with E-state index in [0.29, 0.717) is 11.5 Å². The molecule has 0 saturated carbocycles. The highest BCUT2D eigenvalue weighted by Gasteiger charge is 2.13. The molecule has 2 amide bonds. The molecule has 0 bridgehead atoms. The molecule has 0 fully saturated rings.